The molecule has 0 fully saturated rings. The van der Waals surface area contributed by atoms with Crippen LogP contribution in [0, 0.1) is 0 Å². The maximum absolute atomic E-state index is 12.3. The van der Waals surface area contributed by atoms with Crippen LogP contribution in [0.25, 0.3) is 10.9 Å². The molecule has 2 heterocycles. The first kappa shape index (κ1) is 14.7. The van der Waals surface area contributed by atoms with Crippen LogP contribution in [0.15, 0.2) is 58.2 Å². The van der Waals surface area contributed by atoms with E-state index in [0.29, 0.717) is 5.69 Å². The molecule has 0 saturated carbocycles. The van der Waals surface area contributed by atoms with Gasteiger partial charge in [0.15, 0.2) is 0 Å². The molecule has 22 heavy (non-hydrogen) atoms. The van der Waals surface area contributed by atoms with Gasteiger partial charge in [-0.15, -0.1) is 0 Å². The van der Waals surface area contributed by atoms with Crippen LogP contribution >= 0.6 is 15.9 Å². The maximum Gasteiger partial charge on any atom is 0.263 e. The smallest absolute Gasteiger partial charge is 0.263 e. The first-order valence-corrected chi connectivity index (χ1v) is 8.52. The van der Waals surface area contributed by atoms with Gasteiger partial charge in [-0.1, -0.05) is 12.1 Å². The average molecular weight is 379 g/mol. The summed E-state index contributed by atoms with van der Waals surface area (Å²) in [7, 11) is -3.73. The zero-order valence-electron chi connectivity index (χ0n) is 11.2. The molecule has 3 N–H and O–H groups in total. The highest BCUT2D eigenvalue weighted by Gasteiger charge is 2.15. The number of hydrogen-bond acceptors (Lipinski definition) is 5. The molecule has 0 aliphatic carbocycles. The molecule has 0 bridgehead atoms. The largest absolute Gasteiger partial charge is 0.384 e. The van der Waals surface area contributed by atoms with E-state index in [1.807, 2.05) is 18.2 Å². The lowest BCUT2D eigenvalue weighted by Crippen LogP contribution is -2.13. The van der Waals surface area contributed by atoms with E-state index in [9.17, 15) is 8.42 Å². The average Bonchev–Trinajstić information content (AvgIpc) is 2.47. The molecular formula is C14H11BrN4O2S. The van der Waals surface area contributed by atoms with Gasteiger partial charge in [-0.05, 0) is 40.2 Å². The highest BCUT2D eigenvalue weighted by Crippen LogP contribution is 2.25. The highest BCUT2D eigenvalue weighted by atomic mass is 79.9. The summed E-state index contributed by atoms with van der Waals surface area (Å²) in [6.07, 6.45) is 2.68. The first-order chi connectivity index (χ1) is 10.5. The summed E-state index contributed by atoms with van der Waals surface area (Å²) in [5.74, 6) is 0.260. The van der Waals surface area contributed by atoms with Crippen LogP contribution in [0.1, 0.15) is 0 Å². The van der Waals surface area contributed by atoms with Crippen LogP contribution in [0.5, 0.6) is 0 Å². The normalized spacial score (nSPS) is 11.5. The number of fused-ring (bicyclic) bond motifs is 1. The second kappa shape index (κ2) is 5.54. The van der Waals surface area contributed by atoms with E-state index in [0.717, 1.165) is 15.4 Å². The molecule has 0 radical (unpaired) electrons. The van der Waals surface area contributed by atoms with Crippen molar-refractivity contribution < 1.29 is 8.42 Å². The summed E-state index contributed by atoms with van der Waals surface area (Å²) >= 11 is 3.41. The van der Waals surface area contributed by atoms with Crippen molar-refractivity contribution >= 4 is 48.4 Å². The van der Waals surface area contributed by atoms with Crippen molar-refractivity contribution in [3.8, 4) is 0 Å². The van der Waals surface area contributed by atoms with Crippen LogP contribution in [0.3, 0.4) is 0 Å². The fourth-order valence-electron chi connectivity index (χ4n) is 1.94. The van der Waals surface area contributed by atoms with Crippen molar-refractivity contribution in [2.75, 3.05) is 10.5 Å². The SMILES string of the molecule is Nc1ccc(S(=O)(=O)Nc2cnc3c(Br)cccc3c2)cn1. The number of rotatable bonds is 3. The fraction of sp³-hybridized carbons (Fsp3) is 0. The van der Waals surface area contributed by atoms with Crippen molar-refractivity contribution in [3.63, 3.8) is 0 Å². The summed E-state index contributed by atoms with van der Waals surface area (Å²) in [4.78, 5) is 8.09. The van der Waals surface area contributed by atoms with E-state index in [2.05, 4.69) is 30.6 Å². The number of nitrogens with zero attached hydrogens (tertiary/aromatic N) is 2. The molecule has 1 aromatic carbocycles. The Balaban J connectivity index is 1.97. The molecule has 112 valence electrons. The maximum atomic E-state index is 12.3. The molecular weight excluding hydrogens is 368 g/mol. The highest BCUT2D eigenvalue weighted by molar-refractivity contribution is 9.10. The quantitative estimate of drug-likeness (QED) is 0.729. The number of para-hydroxylation sites is 1. The van der Waals surface area contributed by atoms with Gasteiger partial charge in [0, 0.05) is 16.1 Å². The van der Waals surface area contributed by atoms with Crippen molar-refractivity contribution in [3.05, 3.63) is 53.3 Å². The Bertz CT molecular complexity index is 943. The molecule has 0 saturated heterocycles. The number of benzene rings is 1. The molecule has 0 unspecified atom stereocenters. The van der Waals surface area contributed by atoms with Gasteiger partial charge in [0.2, 0.25) is 0 Å². The van der Waals surface area contributed by atoms with Crippen molar-refractivity contribution in [2.24, 2.45) is 0 Å². The Morgan fingerprint density at radius 1 is 1.09 bits per heavy atom. The zero-order chi connectivity index (χ0) is 15.7. The number of hydrogen-bond donors (Lipinski definition) is 2. The lowest BCUT2D eigenvalue weighted by Gasteiger charge is -2.09. The molecule has 3 rings (SSSR count). The summed E-state index contributed by atoms with van der Waals surface area (Å²) in [5, 5.41) is 0.824. The van der Waals surface area contributed by atoms with E-state index in [1.54, 1.807) is 6.07 Å². The lowest BCUT2D eigenvalue weighted by molar-refractivity contribution is 0.601. The number of halogens is 1. The van der Waals surface area contributed by atoms with E-state index in [4.69, 9.17) is 5.73 Å². The first-order valence-electron chi connectivity index (χ1n) is 6.24. The van der Waals surface area contributed by atoms with Gasteiger partial charge >= 0.3 is 0 Å². The predicted octanol–water partition coefficient (Wildman–Crippen LogP) is 2.78. The van der Waals surface area contributed by atoms with Crippen LogP contribution in [-0.4, -0.2) is 18.4 Å². The van der Waals surface area contributed by atoms with Crippen LogP contribution in [0.4, 0.5) is 11.5 Å². The number of nitrogen functional groups attached to an aromatic ring is 1. The zero-order valence-corrected chi connectivity index (χ0v) is 13.6. The third kappa shape index (κ3) is 2.88. The number of pyridine rings is 2. The molecule has 0 amide bonds. The van der Waals surface area contributed by atoms with Crippen molar-refractivity contribution in [2.45, 2.75) is 4.90 Å². The van der Waals surface area contributed by atoms with Gasteiger partial charge in [0.25, 0.3) is 10.0 Å². The number of nitrogens with one attached hydrogen (secondary N) is 1. The molecule has 2 aromatic heterocycles. The van der Waals surface area contributed by atoms with Gasteiger partial charge in [0.1, 0.15) is 10.7 Å². The molecule has 3 aromatic rings. The molecule has 0 spiro atoms. The van der Waals surface area contributed by atoms with Gasteiger partial charge < -0.3 is 5.73 Å². The lowest BCUT2D eigenvalue weighted by atomic mass is 10.2. The summed E-state index contributed by atoms with van der Waals surface area (Å²) in [6, 6.07) is 10.1. The van der Waals surface area contributed by atoms with Crippen molar-refractivity contribution in [1.29, 1.82) is 0 Å². The second-order valence-corrected chi connectivity index (χ2v) is 7.10. The summed E-state index contributed by atoms with van der Waals surface area (Å²) < 4.78 is 27.9. The number of anilines is 2. The topological polar surface area (TPSA) is 98.0 Å². The Morgan fingerprint density at radius 3 is 2.64 bits per heavy atom. The minimum Gasteiger partial charge on any atom is -0.384 e. The van der Waals surface area contributed by atoms with Crippen LogP contribution < -0.4 is 10.5 Å². The van der Waals surface area contributed by atoms with Crippen LogP contribution in [-0.2, 0) is 10.0 Å². The Labute approximate surface area is 135 Å². The van der Waals surface area contributed by atoms with E-state index >= 15 is 0 Å². The third-order valence-corrected chi connectivity index (χ3v) is 4.99. The standard InChI is InChI=1S/C14H11BrN4O2S/c15-12-3-1-2-9-6-10(7-18-14(9)12)19-22(20,21)11-4-5-13(16)17-8-11/h1-8,19H,(H2,16,17). The minimum absolute atomic E-state index is 0.0380. The second-order valence-electron chi connectivity index (χ2n) is 4.56. The molecule has 0 aliphatic rings. The Hall–Kier alpha value is -2.19. The van der Waals surface area contributed by atoms with E-state index < -0.39 is 10.0 Å². The third-order valence-electron chi connectivity index (χ3n) is 2.98. The van der Waals surface area contributed by atoms with Crippen LogP contribution in [0.2, 0.25) is 0 Å². The van der Waals surface area contributed by atoms with Gasteiger partial charge in [-0.2, -0.15) is 0 Å². The Morgan fingerprint density at radius 2 is 1.91 bits per heavy atom. The molecule has 8 heteroatoms. The van der Waals surface area contributed by atoms with Gasteiger partial charge in [0.05, 0.1) is 17.4 Å². The monoisotopic (exact) mass is 378 g/mol. The minimum atomic E-state index is -3.73. The van der Waals surface area contributed by atoms with Gasteiger partial charge in [-0.3, -0.25) is 9.71 Å². The molecule has 0 atom stereocenters. The van der Waals surface area contributed by atoms with Crippen molar-refractivity contribution in [1.82, 2.24) is 9.97 Å². The fourth-order valence-corrected chi connectivity index (χ4v) is 3.41. The summed E-state index contributed by atoms with van der Waals surface area (Å²) in [5.41, 5.74) is 6.60. The number of nitrogens with two attached hydrogens (primary N) is 1. The number of sulfonamides is 1. The molecule has 6 nitrogen and oxygen atoms in total. The number of aromatic nitrogens is 2. The van der Waals surface area contributed by atoms with Gasteiger partial charge in [-0.25, -0.2) is 13.4 Å². The Kier molecular flexibility index (Phi) is 3.71. The molecule has 0 aliphatic heterocycles. The predicted molar refractivity (Wildman–Crippen MR) is 88.9 cm³/mol. The van der Waals surface area contributed by atoms with E-state index in [1.165, 1.54) is 24.5 Å². The summed E-state index contributed by atoms with van der Waals surface area (Å²) in [6.45, 7) is 0. The van der Waals surface area contributed by atoms with E-state index in [-0.39, 0.29) is 10.7 Å².